The van der Waals surface area contributed by atoms with Gasteiger partial charge in [0.1, 0.15) is 11.4 Å². The zero-order valence-corrected chi connectivity index (χ0v) is 11.0. The molecule has 0 saturated heterocycles. The van der Waals surface area contributed by atoms with E-state index in [0.717, 1.165) is 12.3 Å². The Labute approximate surface area is 99.0 Å². The van der Waals surface area contributed by atoms with Crippen LogP contribution in [0.3, 0.4) is 0 Å². The van der Waals surface area contributed by atoms with Crippen molar-refractivity contribution in [3.8, 4) is 5.75 Å². The predicted molar refractivity (Wildman–Crippen MR) is 68.8 cm³/mol. The molecule has 2 nitrogen and oxygen atoms in total. The van der Waals surface area contributed by atoms with E-state index in [9.17, 15) is 0 Å². The fourth-order valence-electron chi connectivity index (χ4n) is 1.35. The lowest BCUT2D eigenvalue weighted by molar-refractivity contribution is 0.131. The molecule has 0 atom stereocenters. The van der Waals surface area contributed by atoms with Crippen molar-refractivity contribution in [1.82, 2.24) is 5.32 Å². The smallest absolute Gasteiger partial charge is 0.120 e. The average molecular weight is 221 g/mol. The monoisotopic (exact) mass is 221 g/mol. The van der Waals surface area contributed by atoms with Crippen molar-refractivity contribution in [2.45, 2.75) is 52.8 Å². The lowest BCUT2D eigenvalue weighted by Crippen LogP contribution is -2.23. The van der Waals surface area contributed by atoms with Crippen LogP contribution in [0.25, 0.3) is 0 Å². The van der Waals surface area contributed by atoms with Gasteiger partial charge in [-0.3, -0.25) is 0 Å². The molecule has 0 amide bonds. The molecule has 1 aromatic rings. The number of hydrogen-bond acceptors (Lipinski definition) is 2. The van der Waals surface area contributed by atoms with Crippen molar-refractivity contribution in [3.05, 3.63) is 29.8 Å². The third-order valence-corrected chi connectivity index (χ3v) is 2.06. The topological polar surface area (TPSA) is 21.3 Å². The quantitative estimate of drug-likeness (QED) is 0.841. The minimum atomic E-state index is -0.127. The standard InChI is InChI=1S/C14H23NO/c1-11(2)15-10-12-6-8-13(9-7-12)16-14(3,4)5/h6-9,11,15H,10H2,1-5H3. The Kier molecular flexibility index (Phi) is 4.36. The molecule has 1 N–H and O–H groups in total. The van der Waals surface area contributed by atoms with Gasteiger partial charge in [-0.2, -0.15) is 0 Å². The molecule has 0 radical (unpaired) electrons. The van der Waals surface area contributed by atoms with Crippen molar-refractivity contribution in [3.63, 3.8) is 0 Å². The van der Waals surface area contributed by atoms with Crippen molar-refractivity contribution in [1.29, 1.82) is 0 Å². The Balaban J connectivity index is 2.54. The largest absolute Gasteiger partial charge is 0.488 e. The van der Waals surface area contributed by atoms with E-state index >= 15 is 0 Å². The molecule has 2 heteroatoms. The molecule has 0 aliphatic heterocycles. The fourth-order valence-corrected chi connectivity index (χ4v) is 1.35. The zero-order valence-electron chi connectivity index (χ0n) is 11.0. The summed E-state index contributed by atoms with van der Waals surface area (Å²) in [5.74, 6) is 0.931. The molecule has 0 unspecified atom stereocenters. The Morgan fingerprint density at radius 3 is 2.12 bits per heavy atom. The van der Waals surface area contributed by atoms with Crippen LogP contribution < -0.4 is 10.1 Å². The highest BCUT2D eigenvalue weighted by molar-refractivity contribution is 5.27. The van der Waals surface area contributed by atoms with E-state index < -0.39 is 0 Å². The highest BCUT2D eigenvalue weighted by Crippen LogP contribution is 2.18. The van der Waals surface area contributed by atoms with Gasteiger partial charge in [0.25, 0.3) is 0 Å². The first kappa shape index (κ1) is 13.0. The molecule has 0 bridgehead atoms. The number of ether oxygens (including phenoxy) is 1. The molecular weight excluding hydrogens is 198 g/mol. The van der Waals surface area contributed by atoms with Crippen LogP contribution in [0, 0.1) is 0 Å². The molecule has 0 aliphatic rings. The second-order valence-electron chi connectivity index (χ2n) is 5.39. The van der Waals surface area contributed by atoms with Gasteiger partial charge < -0.3 is 10.1 Å². The van der Waals surface area contributed by atoms with Crippen molar-refractivity contribution in [2.75, 3.05) is 0 Å². The average Bonchev–Trinajstić information content (AvgIpc) is 2.14. The van der Waals surface area contributed by atoms with Crippen LogP contribution in [0.2, 0.25) is 0 Å². The Bertz CT molecular complexity index is 309. The third-order valence-electron chi connectivity index (χ3n) is 2.06. The van der Waals surface area contributed by atoms with Crippen LogP contribution in [-0.4, -0.2) is 11.6 Å². The summed E-state index contributed by atoms with van der Waals surface area (Å²) in [5.41, 5.74) is 1.16. The lowest BCUT2D eigenvalue weighted by atomic mass is 10.1. The Hall–Kier alpha value is -1.02. The van der Waals surface area contributed by atoms with Gasteiger partial charge in [-0.1, -0.05) is 26.0 Å². The first-order valence-corrected chi connectivity index (χ1v) is 5.88. The number of nitrogens with one attached hydrogen (secondary N) is 1. The van der Waals surface area contributed by atoms with Crippen molar-refractivity contribution in [2.24, 2.45) is 0 Å². The van der Waals surface area contributed by atoms with E-state index in [0.29, 0.717) is 6.04 Å². The molecule has 0 aromatic heterocycles. The van der Waals surface area contributed by atoms with Gasteiger partial charge in [-0.25, -0.2) is 0 Å². The van der Waals surface area contributed by atoms with Gasteiger partial charge in [-0.15, -0.1) is 0 Å². The van der Waals surface area contributed by atoms with Crippen LogP contribution in [-0.2, 0) is 6.54 Å². The molecule has 0 aliphatic carbocycles. The van der Waals surface area contributed by atoms with E-state index in [2.05, 4.69) is 52.1 Å². The van der Waals surface area contributed by atoms with Crippen LogP contribution in [0.1, 0.15) is 40.2 Å². The summed E-state index contributed by atoms with van der Waals surface area (Å²) >= 11 is 0. The summed E-state index contributed by atoms with van der Waals surface area (Å²) in [5, 5.41) is 3.39. The van der Waals surface area contributed by atoms with E-state index in [1.54, 1.807) is 0 Å². The lowest BCUT2D eigenvalue weighted by Gasteiger charge is -2.21. The van der Waals surface area contributed by atoms with Gasteiger partial charge in [0, 0.05) is 12.6 Å². The van der Waals surface area contributed by atoms with Crippen LogP contribution in [0.4, 0.5) is 0 Å². The molecule has 0 spiro atoms. The van der Waals surface area contributed by atoms with Crippen LogP contribution in [0.15, 0.2) is 24.3 Å². The fraction of sp³-hybridized carbons (Fsp3) is 0.571. The summed E-state index contributed by atoms with van der Waals surface area (Å²) < 4.78 is 5.76. The summed E-state index contributed by atoms with van der Waals surface area (Å²) in [4.78, 5) is 0. The summed E-state index contributed by atoms with van der Waals surface area (Å²) in [6.07, 6.45) is 0. The summed E-state index contributed by atoms with van der Waals surface area (Å²) in [7, 11) is 0. The van der Waals surface area contributed by atoms with Crippen molar-refractivity contribution >= 4 is 0 Å². The van der Waals surface area contributed by atoms with E-state index in [-0.39, 0.29) is 5.60 Å². The van der Waals surface area contributed by atoms with Gasteiger partial charge >= 0.3 is 0 Å². The van der Waals surface area contributed by atoms with E-state index in [1.165, 1.54) is 5.56 Å². The minimum absolute atomic E-state index is 0.127. The highest BCUT2D eigenvalue weighted by atomic mass is 16.5. The second kappa shape index (κ2) is 5.35. The van der Waals surface area contributed by atoms with Gasteiger partial charge in [-0.05, 0) is 38.5 Å². The molecule has 90 valence electrons. The maximum absolute atomic E-state index is 5.76. The van der Waals surface area contributed by atoms with Crippen LogP contribution in [0.5, 0.6) is 5.75 Å². The number of rotatable bonds is 4. The minimum Gasteiger partial charge on any atom is -0.488 e. The molecule has 1 rings (SSSR count). The molecule has 0 saturated carbocycles. The zero-order chi connectivity index (χ0) is 12.2. The maximum Gasteiger partial charge on any atom is 0.120 e. The van der Waals surface area contributed by atoms with Crippen LogP contribution >= 0.6 is 0 Å². The second-order valence-corrected chi connectivity index (χ2v) is 5.39. The molecular formula is C14H23NO. The number of benzene rings is 1. The SMILES string of the molecule is CC(C)NCc1ccc(OC(C)(C)C)cc1. The first-order valence-electron chi connectivity index (χ1n) is 5.88. The van der Waals surface area contributed by atoms with E-state index in [1.807, 2.05) is 12.1 Å². The third kappa shape index (κ3) is 5.17. The van der Waals surface area contributed by atoms with Gasteiger partial charge in [0.15, 0.2) is 0 Å². The molecule has 0 heterocycles. The van der Waals surface area contributed by atoms with E-state index in [4.69, 9.17) is 4.74 Å². The molecule has 1 aromatic carbocycles. The summed E-state index contributed by atoms with van der Waals surface area (Å²) in [6.45, 7) is 11.4. The Morgan fingerprint density at radius 2 is 1.69 bits per heavy atom. The van der Waals surface area contributed by atoms with Gasteiger partial charge in [0.05, 0.1) is 0 Å². The predicted octanol–water partition coefficient (Wildman–Crippen LogP) is 3.36. The maximum atomic E-state index is 5.76. The first-order chi connectivity index (χ1) is 7.37. The summed E-state index contributed by atoms with van der Waals surface area (Å²) in [6, 6.07) is 8.79. The normalized spacial score (nSPS) is 11.9. The van der Waals surface area contributed by atoms with Crippen molar-refractivity contribution < 1.29 is 4.74 Å². The highest BCUT2D eigenvalue weighted by Gasteiger charge is 2.11. The Morgan fingerprint density at radius 1 is 1.12 bits per heavy atom. The molecule has 0 fully saturated rings. The number of hydrogen-bond donors (Lipinski definition) is 1. The molecule has 16 heavy (non-hydrogen) atoms. The van der Waals surface area contributed by atoms with Gasteiger partial charge in [0.2, 0.25) is 0 Å².